The Bertz CT molecular complexity index is 723. The number of nitro groups is 1. The molecule has 1 heterocycles. The van der Waals surface area contributed by atoms with Crippen LogP contribution in [0.1, 0.15) is 20.3 Å². The van der Waals surface area contributed by atoms with Gasteiger partial charge in [-0.15, -0.1) is 6.58 Å². The Hall–Kier alpha value is -1.93. The van der Waals surface area contributed by atoms with Crippen LogP contribution in [-0.2, 0) is 10.0 Å². The van der Waals surface area contributed by atoms with Crippen LogP contribution >= 0.6 is 0 Å². The summed E-state index contributed by atoms with van der Waals surface area (Å²) in [6.07, 6.45) is 2.56. The normalized spacial score (nSPS) is 22.1. The van der Waals surface area contributed by atoms with Crippen LogP contribution in [0.15, 0.2) is 35.7 Å². The second-order valence-corrected chi connectivity index (χ2v) is 8.31. The van der Waals surface area contributed by atoms with Crippen molar-refractivity contribution in [2.24, 2.45) is 11.8 Å². The third-order valence-corrected chi connectivity index (χ3v) is 5.90. The summed E-state index contributed by atoms with van der Waals surface area (Å²) in [4.78, 5) is 10.7. The fourth-order valence-electron chi connectivity index (χ4n) is 3.11. The molecule has 1 fully saturated rings. The van der Waals surface area contributed by atoms with Crippen LogP contribution in [0.2, 0.25) is 0 Å². The van der Waals surface area contributed by atoms with E-state index in [1.807, 2.05) is 13.8 Å². The van der Waals surface area contributed by atoms with Gasteiger partial charge < -0.3 is 5.32 Å². The number of anilines is 1. The van der Waals surface area contributed by atoms with Gasteiger partial charge in [-0.2, -0.15) is 4.31 Å². The van der Waals surface area contributed by atoms with Crippen molar-refractivity contribution in [3.05, 3.63) is 41.0 Å². The van der Waals surface area contributed by atoms with E-state index in [2.05, 4.69) is 11.9 Å². The monoisotopic (exact) mass is 353 g/mol. The SMILES string of the molecule is C=CCNc1ccc(S(=O)(=O)N2CC(C)CC(C)C2)cc1[N+](=O)[O-]. The van der Waals surface area contributed by atoms with Gasteiger partial charge in [0.15, 0.2) is 0 Å². The lowest BCUT2D eigenvalue weighted by Crippen LogP contribution is -2.42. The molecule has 0 bridgehead atoms. The molecule has 0 amide bonds. The molecular formula is C16H23N3O4S. The number of rotatable bonds is 6. The minimum absolute atomic E-state index is 0.0420. The molecule has 1 aromatic rings. The van der Waals surface area contributed by atoms with Gasteiger partial charge in [0.25, 0.3) is 5.69 Å². The molecule has 132 valence electrons. The zero-order chi connectivity index (χ0) is 17.9. The van der Waals surface area contributed by atoms with E-state index in [0.717, 1.165) is 12.5 Å². The molecule has 2 unspecified atom stereocenters. The lowest BCUT2D eigenvalue weighted by molar-refractivity contribution is -0.384. The van der Waals surface area contributed by atoms with Gasteiger partial charge in [-0.05, 0) is 30.4 Å². The molecule has 0 radical (unpaired) electrons. The van der Waals surface area contributed by atoms with E-state index in [-0.39, 0.29) is 28.1 Å². The number of nitrogens with zero attached hydrogens (tertiary/aromatic N) is 2. The molecule has 0 spiro atoms. The van der Waals surface area contributed by atoms with Crippen molar-refractivity contribution in [1.82, 2.24) is 4.31 Å². The van der Waals surface area contributed by atoms with Crippen LogP contribution < -0.4 is 5.32 Å². The summed E-state index contributed by atoms with van der Waals surface area (Å²) in [7, 11) is -3.74. The first kappa shape index (κ1) is 18.4. The Balaban J connectivity index is 2.38. The third-order valence-electron chi connectivity index (χ3n) is 4.08. The highest BCUT2D eigenvalue weighted by Gasteiger charge is 2.32. The van der Waals surface area contributed by atoms with E-state index in [4.69, 9.17) is 0 Å². The lowest BCUT2D eigenvalue weighted by atomic mass is 9.94. The van der Waals surface area contributed by atoms with Gasteiger partial charge in [-0.1, -0.05) is 19.9 Å². The predicted molar refractivity (Wildman–Crippen MR) is 93.5 cm³/mol. The number of nitro benzene ring substituents is 1. The largest absolute Gasteiger partial charge is 0.376 e. The van der Waals surface area contributed by atoms with Gasteiger partial charge >= 0.3 is 0 Å². The zero-order valence-corrected chi connectivity index (χ0v) is 14.8. The van der Waals surface area contributed by atoms with Crippen LogP contribution in [0.5, 0.6) is 0 Å². The number of sulfonamides is 1. The lowest BCUT2D eigenvalue weighted by Gasteiger charge is -2.34. The molecule has 1 saturated heterocycles. The third kappa shape index (κ3) is 3.93. The minimum atomic E-state index is -3.74. The standard InChI is InChI=1S/C16H23N3O4S/c1-4-7-17-15-6-5-14(9-16(15)19(20)21)24(22,23)18-10-12(2)8-13(3)11-18/h4-6,9,12-13,17H,1,7-8,10-11H2,2-3H3. The zero-order valence-electron chi connectivity index (χ0n) is 13.9. The Morgan fingerprint density at radius 1 is 1.38 bits per heavy atom. The molecule has 1 aliphatic heterocycles. The van der Waals surface area contributed by atoms with E-state index in [1.165, 1.54) is 16.4 Å². The molecule has 7 nitrogen and oxygen atoms in total. The quantitative estimate of drug-likeness (QED) is 0.482. The van der Waals surface area contributed by atoms with Crippen molar-refractivity contribution in [3.8, 4) is 0 Å². The van der Waals surface area contributed by atoms with E-state index >= 15 is 0 Å². The molecule has 0 saturated carbocycles. The van der Waals surface area contributed by atoms with Crippen LogP contribution in [0, 0.1) is 22.0 Å². The molecule has 1 N–H and O–H groups in total. The first-order valence-electron chi connectivity index (χ1n) is 7.89. The fourth-order valence-corrected chi connectivity index (χ4v) is 4.81. The maximum absolute atomic E-state index is 12.8. The Morgan fingerprint density at radius 2 is 2.00 bits per heavy atom. The van der Waals surface area contributed by atoms with Gasteiger partial charge in [-0.3, -0.25) is 10.1 Å². The van der Waals surface area contributed by atoms with Crippen LogP contribution in [0.4, 0.5) is 11.4 Å². The van der Waals surface area contributed by atoms with Crippen molar-refractivity contribution in [2.75, 3.05) is 25.0 Å². The first-order valence-corrected chi connectivity index (χ1v) is 9.33. The minimum Gasteiger partial charge on any atom is -0.376 e. The summed E-state index contributed by atoms with van der Waals surface area (Å²) in [6.45, 7) is 8.82. The number of piperidine rings is 1. The van der Waals surface area contributed by atoms with Crippen molar-refractivity contribution in [3.63, 3.8) is 0 Å². The maximum Gasteiger partial charge on any atom is 0.293 e. The summed E-state index contributed by atoms with van der Waals surface area (Å²) in [5.41, 5.74) is 0.0234. The molecule has 24 heavy (non-hydrogen) atoms. The Labute approximate surface area is 142 Å². The van der Waals surface area contributed by atoms with Gasteiger partial charge in [0.1, 0.15) is 5.69 Å². The average molecular weight is 353 g/mol. The summed E-state index contributed by atoms with van der Waals surface area (Å²) >= 11 is 0. The van der Waals surface area contributed by atoms with Crippen molar-refractivity contribution < 1.29 is 13.3 Å². The second-order valence-electron chi connectivity index (χ2n) is 6.37. The van der Waals surface area contributed by atoms with E-state index in [9.17, 15) is 18.5 Å². The molecule has 1 aromatic carbocycles. The molecule has 0 aromatic heterocycles. The highest BCUT2D eigenvalue weighted by molar-refractivity contribution is 7.89. The predicted octanol–water partition coefficient (Wildman–Crippen LogP) is 2.86. The summed E-state index contributed by atoms with van der Waals surface area (Å²) < 4.78 is 27.1. The van der Waals surface area contributed by atoms with E-state index in [1.54, 1.807) is 6.08 Å². The molecular weight excluding hydrogens is 330 g/mol. The number of nitrogens with one attached hydrogen (secondary N) is 1. The summed E-state index contributed by atoms with van der Waals surface area (Å²) in [5.74, 6) is 0.541. The molecule has 1 aliphatic rings. The van der Waals surface area contributed by atoms with Gasteiger partial charge in [-0.25, -0.2) is 8.42 Å². The number of benzene rings is 1. The van der Waals surface area contributed by atoms with Gasteiger partial charge in [0, 0.05) is 25.7 Å². The smallest absolute Gasteiger partial charge is 0.293 e. The number of hydrogen-bond donors (Lipinski definition) is 1. The van der Waals surface area contributed by atoms with Crippen molar-refractivity contribution in [2.45, 2.75) is 25.2 Å². The van der Waals surface area contributed by atoms with Crippen LogP contribution in [0.3, 0.4) is 0 Å². The summed E-state index contributed by atoms with van der Waals surface area (Å²) in [6, 6.07) is 3.98. The highest BCUT2D eigenvalue weighted by Crippen LogP contribution is 2.31. The molecule has 8 heteroatoms. The van der Waals surface area contributed by atoms with Crippen molar-refractivity contribution in [1.29, 1.82) is 0 Å². The van der Waals surface area contributed by atoms with Gasteiger partial charge in [0.2, 0.25) is 10.0 Å². The fraction of sp³-hybridized carbons (Fsp3) is 0.500. The second kappa shape index (κ2) is 7.31. The topological polar surface area (TPSA) is 92.6 Å². The van der Waals surface area contributed by atoms with E-state index < -0.39 is 14.9 Å². The van der Waals surface area contributed by atoms with E-state index in [0.29, 0.717) is 19.6 Å². The molecule has 0 aliphatic carbocycles. The van der Waals surface area contributed by atoms with Crippen LogP contribution in [0.25, 0.3) is 0 Å². The number of hydrogen-bond acceptors (Lipinski definition) is 5. The van der Waals surface area contributed by atoms with Crippen molar-refractivity contribution >= 4 is 21.4 Å². The molecule has 2 rings (SSSR count). The average Bonchev–Trinajstić information content (AvgIpc) is 2.51. The highest BCUT2D eigenvalue weighted by atomic mass is 32.2. The summed E-state index contributed by atoms with van der Waals surface area (Å²) in [5, 5.41) is 14.1. The maximum atomic E-state index is 12.8. The van der Waals surface area contributed by atoms with Crippen LogP contribution in [-0.4, -0.2) is 37.3 Å². The van der Waals surface area contributed by atoms with Gasteiger partial charge in [0.05, 0.1) is 9.82 Å². The Morgan fingerprint density at radius 3 is 2.54 bits per heavy atom. The first-order chi connectivity index (χ1) is 11.3. The molecule has 2 atom stereocenters. The Kier molecular flexibility index (Phi) is 5.61.